The van der Waals surface area contributed by atoms with Crippen molar-refractivity contribution >= 4 is 11.8 Å². The van der Waals surface area contributed by atoms with Crippen molar-refractivity contribution < 1.29 is 14.7 Å². The molecule has 1 atom stereocenters. The second-order valence-electron chi connectivity index (χ2n) is 6.16. The molecule has 0 radical (unpaired) electrons. The zero-order valence-electron chi connectivity index (χ0n) is 12.1. The highest BCUT2D eigenvalue weighted by atomic mass is 16.3. The van der Waals surface area contributed by atoms with Crippen LogP contribution in [0.3, 0.4) is 0 Å². The highest BCUT2D eigenvalue weighted by Gasteiger charge is 2.31. The van der Waals surface area contributed by atoms with Crippen molar-refractivity contribution in [3.8, 4) is 0 Å². The topological polar surface area (TPSA) is 78.4 Å². The minimum atomic E-state index is -0.143. The molecule has 2 amide bonds. The minimum absolute atomic E-state index is 0.0165. The van der Waals surface area contributed by atoms with Gasteiger partial charge >= 0.3 is 0 Å². The Morgan fingerprint density at radius 1 is 1.10 bits per heavy atom. The van der Waals surface area contributed by atoms with Crippen LogP contribution in [-0.2, 0) is 9.59 Å². The summed E-state index contributed by atoms with van der Waals surface area (Å²) in [5.41, 5.74) is 0. The van der Waals surface area contributed by atoms with E-state index < -0.39 is 0 Å². The molecule has 2 saturated carbocycles. The Hall–Kier alpha value is -1.10. The van der Waals surface area contributed by atoms with Gasteiger partial charge in [-0.05, 0) is 43.9 Å². The average Bonchev–Trinajstić information content (AvgIpc) is 3.15. The van der Waals surface area contributed by atoms with E-state index in [2.05, 4.69) is 10.6 Å². The monoisotopic (exact) mass is 282 g/mol. The Kier molecular flexibility index (Phi) is 5.83. The van der Waals surface area contributed by atoms with Crippen LogP contribution >= 0.6 is 0 Å². The van der Waals surface area contributed by atoms with Gasteiger partial charge in [0.2, 0.25) is 11.8 Å². The summed E-state index contributed by atoms with van der Waals surface area (Å²) in [6.45, 7) is 0.148. The normalized spacial score (nSPS) is 20.6. The lowest BCUT2D eigenvalue weighted by Crippen LogP contribution is -2.43. The summed E-state index contributed by atoms with van der Waals surface area (Å²) in [5.74, 6) is 0.860. The highest BCUT2D eigenvalue weighted by molar-refractivity contribution is 5.84. The van der Waals surface area contributed by atoms with Gasteiger partial charge in [0.25, 0.3) is 0 Å². The molecule has 0 aromatic carbocycles. The Labute approximate surface area is 120 Å². The molecule has 3 N–H and O–H groups in total. The van der Waals surface area contributed by atoms with Gasteiger partial charge in [0.1, 0.15) is 0 Å². The van der Waals surface area contributed by atoms with Gasteiger partial charge in [-0.15, -0.1) is 0 Å². The second kappa shape index (κ2) is 7.62. The Balaban J connectivity index is 1.62. The zero-order valence-corrected chi connectivity index (χ0v) is 12.1. The molecule has 2 aliphatic rings. The number of amides is 2. The van der Waals surface area contributed by atoms with Crippen LogP contribution < -0.4 is 10.6 Å². The number of carbonyl (C=O) groups is 2. The van der Waals surface area contributed by atoms with E-state index in [9.17, 15) is 9.59 Å². The summed E-state index contributed by atoms with van der Waals surface area (Å²) in [4.78, 5) is 23.5. The van der Waals surface area contributed by atoms with Crippen LogP contribution in [-0.4, -0.2) is 36.1 Å². The van der Waals surface area contributed by atoms with Crippen molar-refractivity contribution in [2.45, 2.75) is 57.4 Å². The van der Waals surface area contributed by atoms with E-state index in [4.69, 9.17) is 5.11 Å². The molecule has 0 aromatic heterocycles. The van der Waals surface area contributed by atoms with Gasteiger partial charge in [0.05, 0.1) is 6.54 Å². The van der Waals surface area contributed by atoms with Crippen molar-refractivity contribution in [1.82, 2.24) is 10.6 Å². The summed E-state index contributed by atoms with van der Waals surface area (Å²) >= 11 is 0. The van der Waals surface area contributed by atoms with Gasteiger partial charge in [-0.2, -0.15) is 0 Å². The third-order valence-electron chi connectivity index (χ3n) is 4.37. The number of rotatable bonds is 8. The number of aliphatic hydroxyl groups is 1. The largest absolute Gasteiger partial charge is 0.396 e. The first kappa shape index (κ1) is 15.3. The first-order valence-electron chi connectivity index (χ1n) is 7.86. The predicted octanol–water partition coefficient (Wildman–Crippen LogP) is 0.960. The fourth-order valence-corrected chi connectivity index (χ4v) is 3.05. The number of aliphatic hydroxyl groups excluding tert-OH is 1. The van der Waals surface area contributed by atoms with Crippen LogP contribution in [0, 0.1) is 11.8 Å². The van der Waals surface area contributed by atoms with Crippen molar-refractivity contribution in [2.24, 2.45) is 11.8 Å². The summed E-state index contributed by atoms with van der Waals surface area (Å²) in [6, 6.07) is 0.0687. The fourth-order valence-electron chi connectivity index (χ4n) is 3.05. The molecule has 5 heteroatoms. The molecule has 2 rings (SSSR count). The molecule has 0 aromatic rings. The van der Waals surface area contributed by atoms with E-state index >= 15 is 0 Å². The number of hydrogen-bond donors (Lipinski definition) is 3. The van der Waals surface area contributed by atoms with Crippen LogP contribution in [0.5, 0.6) is 0 Å². The number of carbonyl (C=O) groups excluding carboxylic acids is 2. The fraction of sp³-hybridized carbons (Fsp3) is 0.867. The molecular weight excluding hydrogens is 256 g/mol. The molecule has 5 nitrogen and oxygen atoms in total. The van der Waals surface area contributed by atoms with Gasteiger partial charge < -0.3 is 15.7 Å². The molecular formula is C15H26N2O3. The van der Waals surface area contributed by atoms with Crippen LogP contribution in [0.25, 0.3) is 0 Å². The van der Waals surface area contributed by atoms with Crippen molar-refractivity contribution in [3.63, 3.8) is 0 Å². The molecule has 0 saturated heterocycles. The van der Waals surface area contributed by atoms with E-state index in [1.54, 1.807) is 0 Å². The van der Waals surface area contributed by atoms with Gasteiger partial charge in [-0.25, -0.2) is 0 Å². The Bertz CT molecular complexity index is 336. The lowest BCUT2D eigenvalue weighted by atomic mass is 10.0. The van der Waals surface area contributed by atoms with Crippen molar-refractivity contribution in [1.29, 1.82) is 0 Å². The summed E-state index contributed by atoms with van der Waals surface area (Å²) < 4.78 is 0. The van der Waals surface area contributed by atoms with Gasteiger partial charge in [-0.1, -0.05) is 12.8 Å². The minimum Gasteiger partial charge on any atom is -0.396 e. The first-order chi connectivity index (χ1) is 9.69. The van der Waals surface area contributed by atoms with E-state index in [0.29, 0.717) is 24.7 Å². The molecule has 20 heavy (non-hydrogen) atoms. The number of nitrogens with one attached hydrogen (secondary N) is 2. The van der Waals surface area contributed by atoms with E-state index in [-0.39, 0.29) is 31.0 Å². The molecule has 114 valence electrons. The SMILES string of the molecule is O=C(CC1CCCC1)NCC(=O)NC(CCO)C1CC1. The first-order valence-corrected chi connectivity index (χ1v) is 7.86. The molecule has 0 bridgehead atoms. The molecule has 1 unspecified atom stereocenters. The maximum atomic E-state index is 11.8. The molecule has 2 aliphatic carbocycles. The highest BCUT2D eigenvalue weighted by Crippen LogP contribution is 2.33. The van der Waals surface area contributed by atoms with E-state index in [0.717, 1.165) is 25.7 Å². The summed E-state index contributed by atoms with van der Waals surface area (Å²) in [5, 5.41) is 14.6. The maximum Gasteiger partial charge on any atom is 0.239 e. The standard InChI is InChI=1S/C15H26N2O3/c18-8-7-13(12-5-6-12)17-15(20)10-16-14(19)9-11-3-1-2-4-11/h11-13,18H,1-10H2,(H,16,19)(H,17,20). The molecule has 2 fully saturated rings. The molecule has 0 heterocycles. The number of hydrogen-bond acceptors (Lipinski definition) is 3. The van der Waals surface area contributed by atoms with Crippen molar-refractivity contribution in [3.05, 3.63) is 0 Å². The van der Waals surface area contributed by atoms with E-state index in [1.165, 1.54) is 12.8 Å². The van der Waals surface area contributed by atoms with Crippen LogP contribution in [0.15, 0.2) is 0 Å². The smallest absolute Gasteiger partial charge is 0.239 e. The molecule has 0 aliphatic heterocycles. The van der Waals surface area contributed by atoms with Crippen molar-refractivity contribution in [2.75, 3.05) is 13.2 Å². The lowest BCUT2D eigenvalue weighted by molar-refractivity contribution is -0.127. The Morgan fingerprint density at radius 3 is 2.40 bits per heavy atom. The van der Waals surface area contributed by atoms with Gasteiger partial charge in [-0.3, -0.25) is 9.59 Å². The van der Waals surface area contributed by atoms with Crippen LogP contribution in [0.1, 0.15) is 51.4 Å². The van der Waals surface area contributed by atoms with Gasteiger partial charge in [0, 0.05) is 19.1 Å². The summed E-state index contributed by atoms with van der Waals surface area (Å²) in [6.07, 6.45) is 8.13. The lowest BCUT2D eigenvalue weighted by Gasteiger charge is -2.17. The summed E-state index contributed by atoms with van der Waals surface area (Å²) in [7, 11) is 0. The second-order valence-corrected chi connectivity index (χ2v) is 6.16. The molecule has 0 spiro atoms. The van der Waals surface area contributed by atoms with Gasteiger partial charge in [0.15, 0.2) is 0 Å². The quantitative estimate of drug-likeness (QED) is 0.620. The third-order valence-corrected chi connectivity index (χ3v) is 4.37. The van der Waals surface area contributed by atoms with E-state index in [1.807, 2.05) is 0 Å². The zero-order chi connectivity index (χ0) is 14.4. The third kappa shape index (κ3) is 5.12. The Morgan fingerprint density at radius 2 is 1.80 bits per heavy atom. The predicted molar refractivity (Wildman–Crippen MR) is 75.9 cm³/mol. The maximum absolute atomic E-state index is 11.8. The van der Waals surface area contributed by atoms with Crippen LogP contribution in [0.2, 0.25) is 0 Å². The van der Waals surface area contributed by atoms with Crippen LogP contribution in [0.4, 0.5) is 0 Å². The average molecular weight is 282 g/mol.